The van der Waals surface area contributed by atoms with E-state index in [2.05, 4.69) is 5.32 Å². The van der Waals surface area contributed by atoms with Crippen LogP contribution in [-0.4, -0.2) is 29.7 Å². The molecule has 0 bridgehead atoms. The highest BCUT2D eigenvalue weighted by Gasteiger charge is 2.23. The Bertz CT molecular complexity index is 419. The molecule has 0 aromatic carbocycles. The summed E-state index contributed by atoms with van der Waals surface area (Å²) in [6, 6.07) is 2.88. The van der Waals surface area contributed by atoms with E-state index in [-0.39, 0.29) is 24.3 Å². The summed E-state index contributed by atoms with van der Waals surface area (Å²) in [7, 11) is 0. The molecule has 0 aliphatic carbocycles. The first-order valence-electron chi connectivity index (χ1n) is 5.38. The van der Waals surface area contributed by atoms with Crippen molar-refractivity contribution in [3.8, 4) is 0 Å². The molecule has 1 atom stereocenters. The van der Waals surface area contributed by atoms with Gasteiger partial charge in [-0.25, -0.2) is 4.79 Å². The third-order valence-electron chi connectivity index (χ3n) is 2.53. The maximum absolute atomic E-state index is 11.6. The summed E-state index contributed by atoms with van der Waals surface area (Å²) >= 11 is 0. The van der Waals surface area contributed by atoms with Crippen LogP contribution >= 0.6 is 0 Å². The van der Waals surface area contributed by atoms with Crippen molar-refractivity contribution in [2.24, 2.45) is 0 Å². The van der Waals surface area contributed by atoms with E-state index in [1.54, 1.807) is 0 Å². The van der Waals surface area contributed by atoms with Crippen LogP contribution in [0.25, 0.3) is 0 Å². The van der Waals surface area contributed by atoms with Gasteiger partial charge in [-0.3, -0.25) is 4.79 Å². The van der Waals surface area contributed by atoms with Gasteiger partial charge in [-0.1, -0.05) is 0 Å². The maximum Gasteiger partial charge on any atom is 0.371 e. The van der Waals surface area contributed by atoms with Crippen molar-refractivity contribution < 1.29 is 23.8 Å². The highest BCUT2D eigenvalue weighted by atomic mass is 16.5. The average Bonchev–Trinajstić information content (AvgIpc) is 2.97. The van der Waals surface area contributed by atoms with E-state index in [9.17, 15) is 9.59 Å². The number of furan rings is 1. The largest absolute Gasteiger partial charge is 0.475 e. The number of ether oxygens (including phenoxy) is 1. The van der Waals surface area contributed by atoms with Gasteiger partial charge >= 0.3 is 5.97 Å². The molecule has 1 amide bonds. The van der Waals surface area contributed by atoms with Gasteiger partial charge in [-0.15, -0.1) is 0 Å². The summed E-state index contributed by atoms with van der Waals surface area (Å²) in [5, 5.41) is 11.3. The van der Waals surface area contributed by atoms with Gasteiger partial charge in [-0.05, 0) is 25.0 Å². The highest BCUT2D eigenvalue weighted by Crippen LogP contribution is 2.12. The molecular weight excluding hydrogens is 226 g/mol. The summed E-state index contributed by atoms with van der Waals surface area (Å²) in [5.41, 5.74) is 0. The molecule has 1 aliphatic heterocycles. The Morgan fingerprint density at radius 3 is 2.88 bits per heavy atom. The molecule has 1 saturated heterocycles. The van der Waals surface area contributed by atoms with Gasteiger partial charge in [0.1, 0.15) is 11.9 Å². The molecule has 1 aromatic heterocycles. The summed E-state index contributed by atoms with van der Waals surface area (Å²) in [5.74, 6) is -1.03. The predicted octanol–water partition coefficient (Wildman–Crippen LogP) is 0.773. The van der Waals surface area contributed by atoms with Crippen molar-refractivity contribution >= 4 is 11.9 Å². The smallest absolute Gasteiger partial charge is 0.371 e. The van der Waals surface area contributed by atoms with E-state index < -0.39 is 5.97 Å². The Morgan fingerprint density at radius 1 is 1.47 bits per heavy atom. The lowest BCUT2D eigenvalue weighted by Gasteiger charge is -2.08. The van der Waals surface area contributed by atoms with E-state index >= 15 is 0 Å². The van der Waals surface area contributed by atoms with Crippen LogP contribution < -0.4 is 5.32 Å². The summed E-state index contributed by atoms with van der Waals surface area (Å²) < 4.78 is 10.2. The molecule has 0 radical (unpaired) electrons. The van der Waals surface area contributed by atoms with Crippen LogP contribution in [-0.2, 0) is 16.1 Å². The number of carboxylic acid groups (broad SMARTS) is 1. The lowest BCUT2D eigenvalue weighted by molar-refractivity contribution is -0.130. The quantitative estimate of drug-likeness (QED) is 0.810. The fraction of sp³-hybridized carbons (Fsp3) is 0.455. The summed E-state index contributed by atoms with van der Waals surface area (Å²) in [4.78, 5) is 22.1. The lowest BCUT2D eigenvalue weighted by Crippen LogP contribution is -2.33. The SMILES string of the molecule is O=C(O)c1ccc(CNC(=O)[C@H]2CCCO2)o1. The van der Waals surface area contributed by atoms with Gasteiger partial charge in [-0.2, -0.15) is 0 Å². The third-order valence-corrected chi connectivity index (χ3v) is 2.53. The molecule has 2 rings (SSSR count). The molecular formula is C11H13NO5. The molecule has 0 spiro atoms. The fourth-order valence-corrected chi connectivity index (χ4v) is 1.66. The number of carbonyl (C=O) groups excluding carboxylic acids is 1. The first-order valence-corrected chi connectivity index (χ1v) is 5.38. The van der Waals surface area contributed by atoms with Gasteiger partial charge in [0.25, 0.3) is 0 Å². The topological polar surface area (TPSA) is 88.8 Å². The Morgan fingerprint density at radius 2 is 2.29 bits per heavy atom. The monoisotopic (exact) mass is 239 g/mol. The van der Waals surface area contributed by atoms with Gasteiger partial charge in [0.05, 0.1) is 6.54 Å². The van der Waals surface area contributed by atoms with Crippen LogP contribution in [0.15, 0.2) is 16.5 Å². The maximum atomic E-state index is 11.6. The van der Waals surface area contributed by atoms with E-state index in [1.165, 1.54) is 12.1 Å². The van der Waals surface area contributed by atoms with Crippen molar-refractivity contribution in [2.45, 2.75) is 25.5 Å². The first-order chi connectivity index (χ1) is 8.16. The first kappa shape index (κ1) is 11.7. The molecule has 6 nitrogen and oxygen atoms in total. The minimum atomic E-state index is -1.12. The zero-order valence-corrected chi connectivity index (χ0v) is 9.14. The van der Waals surface area contributed by atoms with Crippen LogP contribution in [0.2, 0.25) is 0 Å². The number of amides is 1. The van der Waals surface area contributed by atoms with Crippen LogP contribution in [0.3, 0.4) is 0 Å². The molecule has 1 aliphatic rings. The number of hydrogen-bond donors (Lipinski definition) is 2. The Hall–Kier alpha value is -1.82. The van der Waals surface area contributed by atoms with Crippen molar-refractivity contribution in [2.75, 3.05) is 6.61 Å². The van der Waals surface area contributed by atoms with E-state index in [1.807, 2.05) is 0 Å². The Labute approximate surface area is 97.6 Å². The summed E-state index contributed by atoms with van der Waals surface area (Å²) in [6.07, 6.45) is 1.23. The molecule has 0 saturated carbocycles. The van der Waals surface area contributed by atoms with Crippen molar-refractivity contribution in [3.63, 3.8) is 0 Å². The van der Waals surface area contributed by atoms with Crippen LogP contribution in [0.1, 0.15) is 29.2 Å². The molecule has 2 heterocycles. The second-order valence-electron chi connectivity index (χ2n) is 3.79. The number of carbonyl (C=O) groups is 2. The molecule has 1 fully saturated rings. The number of aromatic carboxylic acids is 1. The summed E-state index contributed by atoms with van der Waals surface area (Å²) in [6.45, 7) is 0.786. The number of hydrogen-bond acceptors (Lipinski definition) is 4. The molecule has 0 unspecified atom stereocenters. The number of rotatable bonds is 4. The second kappa shape index (κ2) is 5.01. The standard InChI is InChI=1S/C11H13NO5/c13-10(8-2-1-5-16-8)12-6-7-3-4-9(17-7)11(14)15/h3-4,8H,1-2,5-6H2,(H,12,13)(H,14,15)/t8-/m1/s1. The molecule has 17 heavy (non-hydrogen) atoms. The van der Waals surface area contributed by atoms with Gasteiger partial charge in [0.15, 0.2) is 0 Å². The normalized spacial score (nSPS) is 19.2. The third kappa shape index (κ3) is 2.85. The second-order valence-corrected chi connectivity index (χ2v) is 3.79. The zero-order chi connectivity index (χ0) is 12.3. The zero-order valence-electron chi connectivity index (χ0n) is 9.14. The van der Waals surface area contributed by atoms with E-state index in [0.717, 1.165) is 12.8 Å². The Balaban J connectivity index is 1.84. The number of nitrogens with one attached hydrogen (secondary N) is 1. The van der Waals surface area contributed by atoms with Crippen LogP contribution in [0.5, 0.6) is 0 Å². The van der Waals surface area contributed by atoms with Gasteiger partial charge < -0.3 is 19.6 Å². The predicted molar refractivity (Wildman–Crippen MR) is 56.5 cm³/mol. The Kier molecular flexibility index (Phi) is 3.43. The molecule has 2 N–H and O–H groups in total. The molecule has 6 heteroatoms. The lowest BCUT2D eigenvalue weighted by atomic mass is 10.2. The number of carboxylic acids is 1. The fourth-order valence-electron chi connectivity index (χ4n) is 1.66. The molecule has 1 aromatic rings. The van der Waals surface area contributed by atoms with Crippen LogP contribution in [0.4, 0.5) is 0 Å². The minimum absolute atomic E-state index is 0.133. The van der Waals surface area contributed by atoms with Crippen LogP contribution in [0, 0.1) is 0 Å². The minimum Gasteiger partial charge on any atom is -0.475 e. The van der Waals surface area contributed by atoms with Gasteiger partial charge in [0.2, 0.25) is 11.7 Å². The highest BCUT2D eigenvalue weighted by molar-refractivity contribution is 5.84. The van der Waals surface area contributed by atoms with Crippen molar-refractivity contribution in [1.29, 1.82) is 0 Å². The van der Waals surface area contributed by atoms with E-state index in [0.29, 0.717) is 12.4 Å². The van der Waals surface area contributed by atoms with Gasteiger partial charge in [0, 0.05) is 6.61 Å². The van der Waals surface area contributed by atoms with Crippen molar-refractivity contribution in [1.82, 2.24) is 5.32 Å². The average molecular weight is 239 g/mol. The van der Waals surface area contributed by atoms with E-state index in [4.69, 9.17) is 14.3 Å². The van der Waals surface area contributed by atoms with Crippen molar-refractivity contribution in [3.05, 3.63) is 23.7 Å². The molecule has 92 valence electrons.